The molecule has 1 saturated heterocycles. The maximum atomic E-state index is 11.8. The van der Waals surface area contributed by atoms with E-state index in [9.17, 15) is 4.79 Å². The van der Waals surface area contributed by atoms with Crippen molar-refractivity contribution in [3.05, 3.63) is 47.1 Å². The predicted octanol–water partition coefficient (Wildman–Crippen LogP) is 0.404. The highest BCUT2D eigenvalue weighted by Gasteiger charge is 2.11. The van der Waals surface area contributed by atoms with Crippen molar-refractivity contribution in [2.45, 2.75) is 0 Å². The first-order valence-corrected chi connectivity index (χ1v) is 7.55. The number of anilines is 2. The Bertz CT molecular complexity index is 861. The molecule has 2 aromatic heterocycles. The first-order chi connectivity index (χ1) is 11.3. The number of fused-ring (bicyclic) bond motifs is 1. The molecule has 118 valence electrons. The molecule has 8 heteroatoms. The molecule has 4 rings (SSSR count). The fraction of sp³-hybridized carbons (Fsp3) is 0.267. The van der Waals surface area contributed by atoms with Gasteiger partial charge in [-0.3, -0.25) is 10.2 Å². The monoisotopic (exact) mass is 311 g/mol. The van der Waals surface area contributed by atoms with Gasteiger partial charge in [0.05, 0.1) is 5.69 Å². The highest BCUT2D eigenvalue weighted by atomic mass is 16.1. The molecule has 1 aliphatic heterocycles. The van der Waals surface area contributed by atoms with E-state index in [-0.39, 0.29) is 5.56 Å². The molecule has 3 heterocycles. The Morgan fingerprint density at radius 1 is 1.13 bits per heavy atom. The van der Waals surface area contributed by atoms with E-state index >= 15 is 0 Å². The second kappa shape index (κ2) is 5.73. The van der Waals surface area contributed by atoms with Crippen molar-refractivity contribution in [2.24, 2.45) is 0 Å². The smallest absolute Gasteiger partial charge is 0.276 e. The lowest BCUT2D eigenvalue weighted by Gasteiger charge is -2.29. The number of nitrogens with zero attached hydrogens (tertiary/aromatic N) is 4. The number of H-pyrrole nitrogens is 1. The van der Waals surface area contributed by atoms with Crippen LogP contribution in [0, 0.1) is 0 Å². The third-order valence-electron chi connectivity index (χ3n) is 3.95. The number of piperazine rings is 1. The number of aromatic nitrogens is 4. The quantitative estimate of drug-likeness (QED) is 0.649. The number of benzene rings is 1. The number of nitrogens with one attached hydrogen (secondary N) is 3. The average Bonchev–Trinajstić information content (AvgIpc) is 2.93. The molecule has 3 N–H and O–H groups in total. The zero-order valence-electron chi connectivity index (χ0n) is 12.5. The van der Waals surface area contributed by atoms with E-state index in [1.165, 1.54) is 23.0 Å². The van der Waals surface area contributed by atoms with Crippen molar-refractivity contribution >= 4 is 22.4 Å². The van der Waals surface area contributed by atoms with Crippen LogP contribution in [0.15, 0.2) is 41.6 Å². The van der Waals surface area contributed by atoms with Crippen molar-refractivity contribution in [2.75, 3.05) is 36.5 Å². The van der Waals surface area contributed by atoms with Crippen LogP contribution in [0.1, 0.15) is 0 Å². The average molecular weight is 311 g/mol. The summed E-state index contributed by atoms with van der Waals surface area (Å²) < 4.78 is 0. The maximum absolute atomic E-state index is 11.8. The number of rotatable bonds is 3. The lowest BCUT2D eigenvalue weighted by atomic mass is 10.2. The fourth-order valence-corrected chi connectivity index (χ4v) is 2.76. The Labute approximate surface area is 132 Å². The van der Waals surface area contributed by atoms with E-state index in [0.29, 0.717) is 11.0 Å². The normalized spacial score (nSPS) is 15.0. The van der Waals surface area contributed by atoms with Gasteiger partial charge in [0.25, 0.3) is 5.56 Å². The van der Waals surface area contributed by atoms with Gasteiger partial charge >= 0.3 is 0 Å². The Kier molecular flexibility index (Phi) is 3.43. The molecular formula is C15H17N7O. The molecule has 3 aromatic rings. The van der Waals surface area contributed by atoms with E-state index < -0.39 is 0 Å². The summed E-state index contributed by atoms with van der Waals surface area (Å²) in [5, 5.41) is 6.51. The molecule has 0 atom stereocenters. The number of aromatic amines is 1. The SMILES string of the molecule is O=c1[nH]n(Nc2ccc(N3CCNCC3)cc2)c2ncncc12. The van der Waals surface area contributed by atoms with Gasteiger partial charge in [0.2, 0.25) is 0 Å². The van der Waals surface area contributed by atoms with Gasteiger partial charge in [-0.1, -0.05) is 0 Å². The van der Waals surface area contributed by atoms with Crippen LogP contribution in [0.4, 0.5) is 11.4 Å². The summed E-state index contributed by atoms with van der Waals surface area (Å²) in [4.78, 5) is 23.7. The molecule has 1 fully saturated rings. The fourth-order valence-electron chi connectivity index (χ4n) is 2.76. The van der Waals surface area contributed by atoms with Gasteiger partial charge in [-0.15, -0.1) is 0 Å². The van der Waals surface area contributed by atoms with E-state index in [0.717, 1.165) is 31.9 Å². The van der Waals surface area contributed by atoms with Crippen LogP contribution in [0.2, 0.25) is 0 Å². The van der Waals surface area contributed by atoms with Crippen LogP contribution >= 0.6 is 0 Å². The Hall–Kier alpha value is -2.87. The maximum Gasteiger partial charge on any atom is 0.276 e. The molecule has 0 spiro atoms. The molecule has 0 aliphatic carbocycles. The molecule has 1 aromatic carbocycles. The molecule has 0 amide bonds. The van der Waals surface area contributed by atoms with E-state index in [4.69, 9.17) is 0 Å². The molecule has 8 nitrogen and oxygen atoms in total. The van der Waals surface area contributed by atoms with Crippen LogP contribution < -0.4 is 21.2 Å². The largest absolute Gasteiger partial charge is 0.369 e. The van der Waals surface area contributed by atoms with E-state index in [1.54, 1.807) is 0 Å². The van der Waals surface area contributed by atoms with Gasteiger partial charge in [0.1, 0.15) is 11.7 Å². The van der Waals surface area contributed by atoms with Crippen LogP contribution in [-0.4, -0.2) is 46.0 Å². The molecule has 0 saturated carbocycles. The summed E-state index contributed by atoms with van der Waals surface area (Å²) in [6, 6.07) is 8.13. The summed E-state index contributed by atoms with van der Waals surface area (Å²) in [6.07, 6.45) is 2.92. The van der Waals surface area contributed by atoms with Gasteiger partial charge in [-0.2, -0.15) is 4.79 Å². The third kappa shape index (κ3) is 2.64. The Balaban J connectivity index is 1.57. The minimum absolute atomic E-state index is 0.217. The lowest BCUT2D eigenvalue weighted by molar-refractivity contribution is 0.589. The molecule has 0 bridgehead atoms. The second-order valence-corrected chi connectivity index (χ2v) is 5.43. The second-order valence-electron chi connectivity index (χ2n) is 5.43. The summed E-state index contributed by atoms with van der Waals surface area (Å²) in [6.45, 7) is 4.05. The lowest BCUT2D eigenvalue weighted by Crippen LogP contribution is -2.43. The first-order valence-electron chi connectivity index (χ1n) is 7.55. The van der Waals surface area contributed by atoms with Crippen molar-refractivity contribution in [1.29, 1.82) is 0 Å². The number of hydrogen-bond acceptors (Lipinski definition) is 6. The molecular weight excluding hydrogens is 294 g/mol. The molecule has 23 heavy (non-hydrogen) atoms. The summed E-state index contributed by atoms with van der Waals surface area (Å²) in [7, 11) is 0. The van der Waals surface area contributed by atoms with Crippen LogP contribution in [0.5, 0.6) is 0 Å². The van der Waals surface area contributed by atoms with Crippen LogP contribution in [0.3, 0.4) is 0 Å². The molecule has 0 radical (unpaired) electrons. The summed E-state index contributed by atoms with van der Waals surface area (Å²) in [5.41, 5.74) is 5.52. The minimum Gasteiger partial charge on any atom is -0.369 e. The van der Waals surface area contributed by atoms with Crippen molar-refractivity contribution in [1.82, 2.24) is 25.2 Å². The Morgan fingerprint density at radius 2 is 1.91 bits per heavy atom. The topological polar surface area (TPSA) is 90.9 Å². The third-order valence-corrected chi connectivity index (χ3v) is 3.95. The van der Waals surface area contributed by atoms with E-state index in [1.807, 2.05) is 12.1 Å². The predicted molar refractivity (Wildman–Crippen MR) is 88.7 cm³/mol. The van der Waals surface area contributed by atoms with E-state index in [2.05, 4.69) is 42.8 Å². The number of hydrogen-bond donors (Lipinski definition) is 3. The standard InChI is InChI=1S/C15H17N7O/c23-15-13-9-17-10-18-14(13)22(20-15)19-11-1-3-12(4-2-11)21-7-5-16-6-8-21/h1-4,9-10,16,19H,5-8H2,(H,20,23). The molecule has 1 aliphatic rings. The molecule has 0 unspecified atom stereocenters. The van der Waals surface area contributed by atoms with Gasteiger partial charge in [-0.25, -0.2) is 15.1 Å². The van der Waals surface area contributed by atoms with Gasteiger partial charge in [-0.05, 0) is 24.3 Å². The highest BCUT2D eigenvalue weighted by molar-refractivity contribution is 5.73. The van der Waals surface area contributed by atoms with Crippen molar-refractivity contribution in [3.63, 3.8) is 0 Å². The van der Waals surface area contributed by atoms with Gasteiger partial charge in [0.15, 0.2) is 5.65 Å². The van der Waals surface area contributed by atoms with Gasteiger partial charge in [0, 0.05) is 38.1 Å². The van der Waals surface area contributed by atoms with Crippen molar-refractivity contribution in [3.8, 4) is 0 Å². The van der Waals surface area contributed by atoms with Gasteiger partial charge < -0.3 is 10.2 Å². The Morgan fingerprint density at radius 3 is 2.70 bits per heavy atom. The summed E-state index contributed by atoms with van der Waals surface area (Å²) >= 11 is 0. The van der Waals surface area contributed by atoms with Crippen LogP contribution in [-0.2, 0) is 0 Å². The zero-order chi connectivity index (χ0) is 15.6. The zero-order valence-corrected chi connectivity index (χ0v) is 12.5. The first kappa shape index (κ1) is 13.8. The highest BCUT2D eigenvalue weighted by Crippen LogP contribution is 2.18. The van der Waals surface area contributed by atoms with Crippen LogP contribution in [0.25, 0.3) is 11.0 Å². The van der Waals surface area contributed by atoms with Crippen molar-refractivity contribution < 1.29 is 0 Å². The minimum atomic E-state index is -0.217. The summed E-state index contributed by atoms with van der Waals surface area (Å²) in [5.74, 6) is 0.